The van der Waals surface area contributed by atoms with Gasteiger partial charge < -0.3 is 10.0 Å². The second-order valence-corrected chi connectivity index (χ2v) is 6.55. The predicted octanol–water partition coefficient (Wildman–Crippen LogP) is 3.03. The molecule has 1 saturated heterocycles. The smallest absolute Gasteiger partial charge is 0.312 e. The summed E-state index contributed by atoms with van der Waals surface area (Å²) in [5.41, 5.74) is 0.848. The van der Waals surface area contributed by atoms with E-state index in [1.165, 1.54) is 17.7 Å². The maximum absolute atomic E-state index is 11.3. The number of carboxylic acids is 1. The molecule has 1 aromatic heterocycles. The molecule has 0 amide bonds. The zero-order valence-electron chi connectivity index (χ0n) is 11.3. The normalized spacial score (nSPS) is 26.5. The van der Waals surface area contributed by atoms with Gasteiger partial charge in [-0.05, 0) is 38.5 Å². The SMILES string of the molecule is CCC1CCCN1c1nc2c(s1)CCCC2C(=O)O. The van der Waals surface area contributed by atoms with Gasteiger partial charge in [-0.2, -0.15) is 0 Å². The van der Waals surface area contributed by atoms with Crippen molar-refractivity contribution in [3.8, 4) is 0 Å². The molecule has 2 unspecified atom stereocenters. The van der Waals surface area contributed by atoms with Crippen LogP contribution in [0.15, 0.2) is 0 Å². The molecule has 1 aliphatic carbocycles. The van der Waals surface area contributed by atoms with E-state index in [4.69, 9.17) is 4.98 Å². The van der Waals surface area contributed by atoms with Crippen LogP contribution in [0.5, 0.6) is 0 Å². The summed E-state index contributed by atoms with van der Waals surface area (Å²) >= 11 is 1.72. The Morgan fingerprint density at radius 1 is 1.47 bits per heavy atom. The van der Waals surface area contributed by atoms with E-state index in [9.17, 15) is 9.90 Å². The quantitative estimate of drug-likeness (QED) is 0.924. The second-order valence-electron chi connectivity index (χ2n) is 5.49. The van der Waals surface area contributed by atoms with Gasteiger partial charge in [-0.3, -0.25) is 4.79 Å². The maximum Gasteiger partial charge on any atom is 0.312 e. The molecule has 4 nitrogen and oxygen atoms in total. The summed E-state index contributed by atoms with van der Waals surface area (Å²) in [5.74, 6) is -1.09. The van der Waals surface area contributed by atoms with Gasteiger partial charge in [-0.25, -0.2) is 4.98 Å². The van der Waals surface area contributed by atoms with Crippen LogP contribution in [0.3, 0.4) is 0 Å². The highest BCUT2D eigenvalue weighted by Crippen LogP contribution is 2.40. The number of nitrogens with zero attached hydrogens (tertiary/aromatic N) is 2. The lowest BCUT2D eigenvalue weighted by atomic mass is 9.91. The van der Waals surface area contributed by atoms with Crippen molar-refractivity contribution in [1.29, 1.82) is 0 Å². The van der Waals surface area contributed by atoms with Crippen molar-refractivity contribution >= 4 is 22.4 Å². The molecule has 0 saturated carbocycles. The van der Waals surface area contributed by atoms with Gasteiger partial charge in [0.05, 0.1) is 5.69 Å². The number of carboxylic acid groups (broad SMARTS) is 1. The molecule has 0 radical (unpaired) electrons. The first-order valence-corrected chi connectivity index (χ1v) is 8.01. The van der Waals surface area contributed by atoms with Gasteiger partial charge in [0.15, 0.2) is 5.13 Å². The first-order valence-electron chi connectivity index (χ1n) is 7.19. The van der Waals surface area contributed by atoms with Crippen molar-refractivity contribution in [2.45, 2.75) is 57.4 Å². The molecule has 0 aromatic carbocycles. The van der Waals surface area contributed by atoms with E-state index in [-0.39, 0.29) is 5.92 Å². The molecule has 0 spiro atoms. The van der Waals surface area contributed by atoms with E-state index in [1.54, 1.807) is 11.3 Å². The largest absolute Gasteiger partial charge is 0.481 e. The Morgan fingerprint density at radius 2 is 2.32 bits per heavy atom. The lowest BCUT2D eigenvalue weighted by molar-refractivity contribution is -0.139. The van der Waals surface area contributed by atoms with Gasteiger partial charge in [-0.1, -0.05) is 6.92 Å². The van der Waals surface area contributed by atoms with Crippen molar-refractivity contribution < 1.29 is 9.90 Å². The maximum atomic E-state index is 11.3. The molecule has 5 heteroatoms. The minimum Gasteiger partial charge on any atom is -0.481 e. The van der Waals surface area contributed by atoms with E-state index in [0.29, 0.717) is 6.04 Å². The van der Waals surface area contributed by atoms with E-state index in [1.807, 2.05) is 0 Å². The van der Waals surface area contributed by atoms with Gasteiger partial charge in [0.1, 0.15) is 5.92 Å². The summed E-state index contributed by atoms with van der Waals surface area (Å²) in [7, 11) is 0. The fraction of sp³-hybridized carbons (Fsp3) is 0.714. The number of aromatic nitrogens is 1. The predicted molar refractivity (Wildman–Crippen MR) is 76.1 cm³/mol. The molecule has 1 aliphatic heterocycles. The Bertz CT molecular complexity index is 486. The minimum atomic E-state index is -0.716. The van der Waals surface area contributed by atoms with E-state index in [2.05, 4.69) is 11.8 Å². The van der Waals surface area contributed by atoms with Crippen LogP contribution in [-0.4, -0.2) is 28.6 Å². The summed E-state index contributed by atoms with van der Waals surface area (Å²) in [5, 5.41) is 10.4. The second kappa shape index (κ2) is 5.12. The summed E-state index contributed by atoms with van der Waals surface area (Å²) in [6.07, 6.45) is 6.33. The summed E-state index contributed by atoms with van der Waals surface area (Å²) in [6.45, 7) is 3.29. The van der Waals surface area contributed by atoms with Crippen molar-refractivity contribution in [2.24, 2.45) is 0 Å². The average molecular weight is 280 g/mol. The molecule has 0 bridgehead atoms. The van der Waals surface area contributed by atoms with Crippen molar-refractivity contribution in [3.63, 3.8) is 0 Å². The zero-order chi connectivity index (χ0) is 13.4. The summed E-state index contributed by atoms with van der Waals surface area (Å²) in [6, 6.07) is 0.593. The fourth-order valence-electron chi connectivity index (χ4n) is 3.28. The molecule has 1 fully saturated rings. The first kappa shape index (κ1) is 12.9. The summed E-state index contributed by atoms with van der Waals surface area (Å²) < 4.78 is 0. The Morgan fingerprint density at radius 3 is 3.05 bits per heavy atom. The third kappa shape index (κ3) is 2.24. The standard InChI is InChI=1S/C14H20N2O2S/c1-2-9-5-4-8-16(9)14-15-12-10(13(17)18)6-3-7-11(12)19-14/h9-10H,2-8H2,1H3,(H,17,18). The number of thiazole rings is 1. The lowest BCUT2D eigenvalue weighted by Gasteiger charge is -2.22. The van der Waals surface area contributed by atoms with Gasteiger partial charge in [0.25, 0.3) is 0 Å². The monoisotopic (exact) mass is 280 g/mol. The number of fused-ring (bicyclic) bond motifs is 1. The number of hydrogen-bond acceptors (Lipinski definition) is 4. The molecular formula is C14H20N2O2S. The summed E-state index contributed by atoms with van der Waals surface area (Å²) in [4.78, 5) is 19.6. The Labute approximate surface area is 117 Å². The highest BCUT2D eigenvalue weighted by atomic mass is 32.1. The Kier molecular flexibility index (Phi) is 3.48. The highest BCUT2D eigenvalue weighted by Gasteiger charge is 2.33. The van der Waals surface area contributed by atoms with Crippen LogP contribution in [0.1, 0.15) is 55.5 Å². The van der Waals surface area contributed by atoms with Gasteiger partial charge in [-0.15, -0.1) is 11.3 Å². The first-order chi connectivity index (χ1) is 9.20. The average Bonchev–Trinajstić information content (AvgIpc) is 3.03. The molecule has 2 atom stereocenters. The van der Waals surface area contributed by atoms with Crippen molar-refractivity contribution in [3.05, 3.63) is 10.6 Å². The molecule has 19 heavy (non-hydrogen) atoms. The molecule has 104 valence electrons. The van der Waals surface area contributed by atoms with Gasteiger partial charge in [0, 0.05) is 17.5 Å². The topological polar surface area (TPSA) is 53.4 Å². The third-order valence-electron chi connectivity index (χ3n) is 4.34. The van der Waals surface area contributed by atoms with Gasteiger partial charge >= 0.3 is 5.97 Å². The third-order valence-corrected chi connectivity index (χ3v) is 5.50. The fourth-order valence-corrected chi connectivity index (χ4v) is 4.54. The van der Waals surface area contributed by atoms with Gasteiger partial charge in [0.2, 0.25) is 0 Å². The van der Waals surface area contributed by atoms with E-state index >= 15 is 0 Å². The number of hydrogen-bond donors (Lipinski definition) is 1. The molecule has 1 aromatic rings. The van der Waals surface area contributed by atoms with Crippen LogP contribution in [0.25, 0.3) is 0 Å². The molecule has 1 N–H and O–H groups in total. The van der Waals surface area contributed by atoms with E-state index < -0.39 is 5.97 Å². The minimum absolute atomic E-state index is 0.378. The molecule has 3 rings (SSSR count). The highest BCUT2D eigenvalue weighted by molar-refractivity contribution is 7.15. The Hall–Kier alpha value is -1.10. The number of aryl methyl sites for hydroxylation is 1. The Balaban J connectivity index is 1.91. The number of carbonyl (C=O) groups is 1. The van der Waals surface area contributed by atoms with E-state index in [0.717, 1.165) is 43.1 Å². The van der Waals surface area contributed by atoms with Crippen LogP contribution >= 0.6 is 11.3 Å². The lowest BCUT2D eigenvalue weighted by Crippen LogP contribution is -2.28. The van der Waals surface area contributed by atoms with Crippen LogP contribution in [0, 0.1) is 0 Å². The van der Waals surface area contributed by atoms with Crippen molar-refractivity contribution in [1.82, 2.24) is 4.98 Å². The zero-order valence-corrected chi connectivity index (χ0v) is 12.1. The van der Waals surface area contributed by atoms with Crippen LogP contribution in [-0.2, 0) is 11.2 Å². The van der Waals surface area contributed by atoms with Crippen molar-refractivity contribution in [2.75, 3.05) is 11.4 Å². The molecule has 2 aliphatic rings. The van der Waals surface area contributed by atoms with Crippen LogP contribution in [0.4, 0.5) is 5.13 Å². The molecular weight excluding hydrogens is 260 g/mol. The number of aliphatic carboxylic acids is 1. The molecule has 2 heterocycles. The van der Waals surface area contributed by atoms with Crippen LogP contribution < -0.4 is 4.90 Å². The number of rotatable bonds is 3. The number of anilines is 1. The van der Waals surface area contributed by atoms with Crippen LogP contribution in [0.2, 0.25) is 0 Å².